The minimum atomic E-state index is -3.12. The van der Waals surface area contributed by atoms with Crippen molar-refractivity contribution in [1.29, 1.82) is 0 Å². The van der Waals surface area contributed by atoms with Crippen molar-refractivity contribution in [2.75, 3.05) is 19.8 Å². The monoisotopic (exact) mass is 188 g/mol. The number of nitrogens with one attached hydrogen (secondary N) is 1. The fourth-order valence-corrected chi connectivity index (χ4v) is 2.03. The summed E-state index contributed by atoms with van der Waals surface area (Å²) in [7, 11) is -1.54. The van der Waals surface area contributed by atoms with Crippen LogP contribution in [0.25, 0.3) is 0 Å². The molecule has 1 rings (SSSR count). The van der Waals surface area contributed by atoms with E-state index >= 15 is 0 Å². The van der Waals surface area contributed by atoms with Crippen molar-refractivity contribution in [1.82, 2.24) is 5.32 Å². The van der Waals surface area contributed by atoms with Crippen molar-refractivity contribution >= 4 is 15.7 Å². The first kappa shape index (κ1) is 9.25. The maximum atomic E-state index is 11.2. The van der Waals surface area contributed by atoms with Gasteiger partial charge in [-0.2, -0.15) is 0 Å². The minimum Gasteiger partial charge on any atom is -0.369 e. The molecule has 0 bridgehead atoms. The summed E-state index contributed by atoms with van der Waals surface area (Å²) >= 11 is 0. The number of sulfone groups is 1. The predicted molar refractivity (Wildman–Crippen MR) is 48.9 cm³/mol. The smallest absolute Gasteiger partial charge is 0.178 e. The van der Waals surface area contributed by atoms with E-state index in [9.17, 15) is 8.42 Å². The van der Waals surface area contributed by atoms with Gasteiger partial charge in [-0.15, -0.1) is 0 Å². The lowest BCUT2D eigenvalue weighted by Crippen LogP contribution is -2.32. The normalized spacial score (nSPS) is 21.8. The number of rotatable bonds is 1. The number of amidine groups is 1. The van der Waals surface area contributed by atoms with Crippen LogP contribution in [0.3, 0.4) is 0 Å². The molecule has 0 aromatic carbocycles. The van der Waals surface area contributed by atoms with Gasteiger partial charge in [-0.05, 0) is 6.42 Å². The highest BCUT2D eigenvalue weighted by Gasteiger charge is 2.19. The highest BCUT2D eigenvalue weighted by molar-refractivity contribution is 7.95. The molecule has 1 aliphatic heterocycles. The Morgan fingerprint density at radius 1 is 1.58 bits per heavy atom. The van der Waals surface area contributed by atoms with E-state index in [0.29, 0.717) is 10.7 Å². The van der Waals surface area contributed by atoms with Crippen molar-refractivity contribution in [3.8, 4) is 0 Å². The summed E-state index contributed by atoms with van der Waals surface area (Å²) in [5.41, 5.74) is 0. The van der Waals surface area contributed by atoms with Crippen LogP contribution in [0, 0.1) is 0 Å². The van der Waals surface area contributed by atoms with E-state index in [1.807, 2.05) is 0 Å². The minimum absolute atomic E-state index is 0.316. The molecule has 1 heterocycles. The van der Waals surface area contributed by atoms with E-state index in [1.54, 1.807) is 13.1 Å². The number of hydrogen-bond acceptors (Lipinski definition) is 3. The van der Waals surface area contributed by atoms with Gasteiger partial charge in [-0.3, -0.25) is 4.99 Å². The maximum absolute atomic E-state index is 11.2. The van der Waals surface area contributed by atoms with Gasteiger partial charge in [0.15, 0.2) is 9.84 Å². The summed E-state index contributed by atoms with van der Waals surface area (Å²) in [6.45, 7) is 0.756. The van der Waals surface area contributed by atoms with E-state index in [-0.39, 0.29) is 0 Å². The first-order chi connectivity index (χ1) is 5.55. The van der Waals surface area contributed by atoms with E-state index in [4.69, 9.17) is 0 Å². The molecule has 0 unspecified atom stereocenters. The molecular formula is C7H12N2O2S. The van der Waals surface area contributed by atoms with Gasteiger partial charge in [-0.25, -0.2) is 8.42 Å². The Morgan fingerprint density at radius 3 is 2.67 bits per heavy atom. The van der Waals surface area contributed by atoms with Gasteiger partial charge >= 0.3 is 0 Å². The fourth-order valence-electron chi connectivity index (χ4n) is 1.09. The molecule has 12 heavy (non-hydrogen) atoms. The second kappa shape index (κ2) is 3.26. The lowest BCUT2D eigenvalue weighted by Gasteiger charge is -2.15. The van der Waals surface area contributed by atoms with Crippen molar-refractivity contribution in [3.05, 3.63) is 11.0 Å². The number of nitrogens with zero attached hydrogens (tertiary/aromatic N) is 1. The lowest BCUT2D eigenvalue weighted by atomic mass is 10.3. The molecule has 0 aliphatic carbocycles. The van der Waals surface area contributed by atoms with Crippen LogP contribution in [0.5, 0.6) is 0 Å². The molecule has 0 aromatic rings. The van der Waals surface area contributed by atoms with Crippen LogP contribution in [0.15, 0.2) is 16.0 Å². The van der Waals surface area contributed by atoms with E-state index in [0.717, 1.165) is 13.0 Å². The Balaban J connectivity index is 3.10. The highest BCUT2D eigenvalue weighted by Crippen LogP contribution is 2.10. The summed E-state index contributed by atoms with van der Waals surface area (Å²) in [5.74, 6) is 0.476. The van der Waals surface area contributed by atoms with Gasteiger partial charge in [0, 0.05) is 19.8 Å². The first-order valence-electron chi connectivity index (χ1n) is 3.67. The van der Waals surface area contributed by atoms with Crippen LogP contribution in [0.2, 0.25) is 0 Å². The van der Waals surface area contributed by atoms with Crippen LogP contribution in [0.4, 0.5) is 0 Å². The van der Waals surface area contributed by atoms with Gasteiger partial charge in [0.1, 0.15) is 10.7 Å². The van der Waals surface area contributed by atoms with Crippen LogP contribution in [0.1, 0.15) is 6.42 Å². The van der Waals surface area contributed by atoms with Gasteiger partial charge in [0.25, 0.3) is 0 Å². The molecule has 4 nitrogen and oxygen atoms in total. The quantitative estimate of drug-likeness (QED) is 0.627. The summed E-state index contributed by atoms with van der Waals surface area (Å²) < 4.78 is 22.3. The third-order valence-corrected chi connectivity index (χ3v) is 2.78. The Bertz CT molecular complexity index is 327. The number of hydrogen-bond donors (Lipinski definition) is 1. The van der Waals surface area contributed by atoms with Gasteiger partial charge in [-0.1, -0.05) is 6.08 Å². The Labute approximate surface area is 72.3 Å². The zero-order chi connectivity index (χ0) is 9.19. The van der Waals surface area contributed by atoms with Crippen LogP contribution >= 0.6 is 0 Å². The van der Waals surface area contributed by atoms with Crippen molar-refractivity contribution in [2.45, 2.75) is 6.42 Å². The van der Waals surface area contributed by atoms with E-state index in [1.165, 1.54) is 6.26 Å². The van der Waals surface area contributed by atoms with Crippen molar-refractivity contribution < 1.29 is 8.42 Å². The molecule has 0 radical (unpaired) electrons. The summed E-state index contributed by atoms with van der Waals surface area (Å²) in [4.78, 5) is 4.17. The molecule has 0 spiro atoms. The molecule has 0 saturated carbocycles. The third kappa shape index (κ3) is 1.85. The molecule has 68 valence electrons. The fraction of sp³-hybridized carbons (Fsp3) is 0.571. The van der Waals surface area contributed by atoms with Crippen LogP contribution in [-0.4, -0.2) is 34.1 Å². The molecule has 0 fully saturated rings. The van der Waals surface area contributed by atoms with Gasteiger partial charge in [0.2, 0.25) is 0 Å². The molecule has 0 amide bonds. The van der Waals surface area contributed by atoms with Gasteiger partial charge < -0.3 is 5.32 Å². The molecule has 5 heteroatoms. The van der Waals surface area contributed by atoms with Crippen LogP contribution in [-0.2, 0) is 9.84 Å². The summed E-state index contributed by atoms with van der Waals surface area (Å²) in [5, 5.41) is 2.93. The molecule has 0 aromatic heterocycles. The topological polar surface area (TPSA) is 58.5 Å². The SMILES string of the molecule is CN=C1NCCC=C1S(C)(=O)=O. The van der Waals surface area contributed by atoms with Gasteiger partial charge in [0.05, 0.1) is 0 Å². The number of aliphatic imine (C=N–C) groups is 1. The zero-order valence-electron chi connectivity index (χ0n) is 7.16. The third-order valence-electron chi connectivity index (χ3n) is 1.62. The second-order valence-electron chi connectivity index (χ2n) is 2.63. The van der Waals surface area contributed by atoms with E-state index < -0.39 is 9.84 Å². The molecule has 1 N–H and O–H groups in total. The van der Waals surface area contributed by atoms with Crippen LogP contribution < -0.4 is 5.32 Å². The zero-order valence-corrected chi connectivity index (χ0v) is 7.98. The second-order valence-corrected chi connectivity index (χ2v) is 4.61. The predicted octanol–water partition coefficient (Wildman–Crippen LogP) is -0.0635. The Morgan fingerprint density at radius 2 is 2.25 bits per heavy atom. The Hall–Kier alpha value is -0.840. The largest absolute Gasteiger partial charge is 0.369 e. The standard InChI is InChI=1S/C7H12N2O2S/c1-8-7-6(12(2,10)11)4-3-5-9-7/h4H,3,5H2,1-2H3,(H,8,9). The van der Waals surface area contributed by atoms with E-state index in [2.05, 4.69) is 10.3 Å². The Kier molecular flexibility index (Phi) is 2.52. The average molecular weight is 188 g/mol. The molecule has 0 atom stereocenters. The lowest BCUT2D eigenvalue weighted by molar-refractivity contribution is 0.608. The average Bonchev–Trinajstić information content (AvgIpc) is 2.03. The summed E-state index contributed by atoms with van der Waals surface area (Å²) in [6.07, 6.45) is 3.63. The molecule has 1 aliphatic rings. The van der Waals surface area contributed by atoms with Crippen molar-refractivity contribution in [2.24, 2.45) is 4.99 Å². The maximum Gasteiger partial charge on any atom is 0.178 e. The van der Waals surface area contributed by atoms with Crippen molar-refractivity contribution in [3.63, 3.8) is 0 Å². The summed E-state index contributed by atoms with van der Waals surface area (Å²) in [6, 6.07) is 0. The molecule has 0 saturated heterocycles. The first-order valence-corrected chi connectivity index (χ1v) is 5.56. The molecular weight excluding hydrogens is 176 g/mol. The highest BCUT2D eigenvalue weighted by atomic mass is 32.2.